The summed E-state index contributed by atoms with van der Waals surface area (Å²) in [5, 5.41) is 2.98. The van der Waals surface area contributed by atoms with Crippen LogP contribution in [0.4, 0.5) is 5.69 Å². The fraction of sp³-hybridized carbons (Fsp3) is 0.375. The molecular weight excluding hydrogens is 522 g/mol. The highest BCUT2D eigenvalue weighted by Crippen LogP contribution is 2.38. The molecule has 1 N–H and O–H groups in total. The van der Waals surface area contributed by atoms with Crippen molar-refractivity contribution in [1.29, 1.82) is 0 Å². The van der Waals surface area contributed by atoms with Crippen molar-refractivity contribution in [2.45, 2.75) is 50.5 Å². The first-order valence-corrected chi connectivity index (χ1v) is 15.4. The van der Waals surface area contributed by atoms with E-state index >= 15 is 0 Å². The quantitative estimate of drug-likeness (QED) is 0.316. The number of hydrogen-bond donors (Lipinski definition) is 1. The second-order valence-electron chi connectivity index (χ2n) is 11.2. The van der Waals surface area contributed by atoms with Gasteiger partial charge in [0.05, 0.1) is 27.6 Å². The number of sulfone groups is 1. The van der Waals surface area contributed by atoms with Crippen molar-refractivity contribution in [3.05, 3.63) is 89.5 Å². The van der Waals surface area contributed by atoms with Crippen LogP contribution in [0.15, 0.2) is 82.6 Å². The van der Waals surface area contributed by atoms with Gasteiger partial charge in [0.15, 0.2) is 0 Å². The Labute approximate surface area is 238 Å². The molecule has 4 rings (SSSR count). The lowest BCUT2D eigenvalue weighted by Gasteiger charge is -2.26. The van der Waals surface area contributed by atoms with E-state index in [4.69, 9.17) is 0 Å². The Kier molecular flexibility index (Phi) is 9.43. The van der Waals surface area contributed by atoms with E-state index in [1.54, 1.807) is 12.1 Å². The maximum absolute atomic E-state index is 13.8. The van der Waals surface area contributed by atoms with Crippen molar-refractivity contribution in [3.63, 3.8) is 0 Å². The van der Waals surface area contributed by atoms with Crippen molar-refractivity contribution in [1.82, 2.24) is 10.2 Å². The Morgan fingerprint density at radius 3 is 2.20 bits per heavy atom. The SMILES string of the molecule is CC(C)CN(CCCNC(=O)c1ccc2c(c1)N(Cc1ccccc1)C(=O)c1ccccc1S2(=O)=O)CC(C)C. The number of nitrogens with one attached hydrogen (secondary N) is 1. The normalized spacial score (nSPS) is 14.3. The third kappa shape index (κ3) is 6.80. The summed E-state index contributed by atoms with van der Waals surface area (Å²) < 4.78 is 27.4. The van der Waals surface area contributed by atoms with Crippen molar-refractivity contribution < 1.29 is 18.0 Å². The molecule has 0 fully saturated rings. The summed E-state index contributed by atoms with van der Waals surface area (Å²) in [7, 11) is -3.99. The number of amides is 2. The highest BCUT2D eigenvalue weighted by atomic mass is 32.2. The van der Waals surface area contributed by atoms with Gasteiger partial charge in [0, 0.05) is 25.2 Å². The fourth-order valence-corrected chi connectivity index (χ4v) is 6.80. The minimum Gasteiger partial charge on any atom is -0.352 e. The average molecular weight is 562 g/mol. The number of fused-ring (bicyclic) bond motifs is 2. The maximum atomic E-state index is 13.8. The molecule has 0 unspecified atom stereocenters. The van der Waals surface area contributed by atoms with Crippen molar-refractivity contribution in [2.75, 3.05) is 31.1 Å². The Morgan fingerprint density at radius 2 is 1.52 bits per heavy atom. The fourth-order valence-electron chi connectivity index (χ4n) is 5.17. The van der Waals surface area contributed by atoms with Gasteiger partial charge in [0.2, 0.25) is 9.84 Å². The molecule has 0 radical (unpaired) electrons. The van der Waals surface area contributed by atoms with Crippen LogP contribution in [0.25, 0.3) is 0 Å². The lowest BCUT2D eigenvalue weighted by Crippen LogP contribution is -2.34. The second-order valence-corrected chi connectivity index (χ2v) is 13.1. The second kappa shape index (κ2) is 12.8. The molecule has 0 spiro atoms. The number of anilines is 1. The van der Waals surface area contributed by atoms with Crippen LogP contribution in [0, 0.1) is 11.8 Å². The first-order valence-electron chi connectivity index (χ1n) is 13.9. The summed E-state index contributed by atoms with van der Waals surface area (Å²) >= 11 is 0. The summed E-state index contributed by atoms with van der Waals surface area (Å²) in [6, 6.07) is 20.2. The molecule has 1 aliphatic rings. The third-order valence-corrected chi connectivity index (χ3v) is 8.68. The highest BCUT2D eigenvalue weighted by Gasteiger charge is 2.36. The predicted octanol–water partition coefficient (Wildman–Crippen LogP) is 5.41. The van der Waals surface area contributed by atoms with E-state index in [2.05, 4.69) is 37.9 Å². The van der Waals surface area contributed by atoms with E-state index in [1.165, 1.54) is 35.2 Å². The molecule has 40 heavy (non-hydrogen) atoms. The van der Waals surface area contributed by atoms with Gasteiger partial charge in [0.1, 0.15) is 0 Å². The third-order valence-electron chi connectivity index (χ3n) is 6.82. The molecule has 0 aliphatic carbocycles. The van der Waals surface area contributed by atoms with E-state index in [9.17, 15) is 18.0 Å². The lowest BCUT2D eigenvalue weighted by molar-refractivity contribution is 0.0947. The Hall–Kier alpha value is -3.49. The van der Waals surface area contributed by atoms with Crippen LogP contribution in [-0.4, -0.2) is 51.3 Å². The first kappa shape index (κ1) is 29.5. The van der Waals surface area contributed by atoms with Crippen LogP contribution < -0.4 is 10.2 Å². The molecule has 7 nitrogen and oxygen atoms in total. The van der Waals surface area contributed by atoms with Crippen molar-refractivity contribution >= 4 is 27.3 Å². The Morgan fingerprint density at radius 1 is 0.875 bits per heavy atom. The van der Waals surface area contributed by atoms with Crippen LogP contribution >= 0.6 is 0 Å². The molecule has 0 saturated heterocycles. The van der Waals surface area contributed by atoms with Gasteiger partial charge < -0.3 is 15.1 Å². The Bertz CT molecular complexity index is 1440. The van der Waals surface area contributed by atoms with Gasteiger partial charge in [0.25, 0.3) is 11.8 Å². The molecule has 0 aromatic heterocycles. The molecule has 3 aromatic rings. The molecule has 1 heterocycles. The zero-order valence-electron chi connectivity index (χ0n) is 23.8. The predicted molar refractivity (Wildman–Crippen MR) is 158 cm³/mol. The first-order chi connectivity index (χ1) is 19.1. The standard InChI is InChI=1S/C32H39N3O4S/c1-23(2)20-34(21-24(3)4)18-10-17-33-31(36)26-15-16-30-28(19-26)35(22-25-11-6-5-7-12-25)32(37)27-13-8-9-14-29(27)40(30,38)39/h5-9,11-16,19,23-24H,10,17-18,20-22H2,1-4H3,(H,33,36). The topological polar surface area (TPSA) is 86.8 Å². The molecule has 1 aliphatic heterocycles. The molecule has 0 saturated carbocycles. The molecule has 0 atom stereocenters. The largest absolute Gasteiger partial charge is 0.352 e. The van der Waals surface area contributed by atoms with Gasteiger partial charge >= 0.3 is 0 Å². The number of carbonyl (C=O) groups is 2. The summed E-state index contributed by atoms with van der Waals surface area (Å²) in [4.78, 5) is 30.8. The van der Waals surface area contributed by atoms with Crippen LogP contribution in [0.2, 0.25) is 0 Å². The van der Waals surface area contributed by atoms with Gasteiger partial charge in [-0.25, -0.2) is 8.42 Å². The molecule has 0 bridgehead atoms. The zero-order chi connectivity index (χ0) is 28.9. The van der Waals surface area contributed by atoms with Gasteiger partial charge in [-0.3, -0.25) is 9.59 Å². The average Bonchev–Trinajstić information content (AvgIpc) is 2.99. The van der Waals surface area contributed by atoms with Crippen molar-refractivity contribution in [2.24, 2.45) is 11.8 Å². The van der Waals surface area contributed by atoms with Crippen LogP contribution in [-0.2, 0) is 16.4 Å². The molecule has 8 heteroatoms. The zero-order valence-corrected chi connectivity index (χ0v) is 24.6. The smallest absolute Gasteiger partial charge is 0.259 e. The molecular formula is C32H39N3O4S. The van der Waals surface area contributed by atoms with E-state index in [0.29, 0.717) is 23.9 Å². The van der Waals surface area contributed by atoms with Crippen LogP contribution in [0.1, 0.15) is 60.4 Å². The van der Waals surface area contributed by atoms with Gasteiger partial charge in [-0.2, -0.15) is 0 Å². The number of carbonyl (C=O) groups excluding carboxylic acids is 2. The summed E-state index contributed by atoms with van der Waals surface area (Å²) in [6.07, 6.45) is 0.804. The summed E-state index contributed by atoms with van der Waals surface area (Å²) in [6.45, 7) is 12.4. The van der Waals surface area contributed by atoms with Crippen LogP contribution in [0.3, 0.4) is 0 Å². The molecule has 3 aromatic carbocycles. The summed E-state index contributed by atoms with van der Waals surface area (Å²) in [5.74, 6) is 0.414. The van der Waals surface area contributed by atoms with Gasteiger partial charge in [-0.05, 0) is 60.7 Å². The minimum absolute atomic E-state index is 0.0105. The van der Waals surface area contributed by atoms with Gasteiger partial charge in [-0.15, -0.1) is 0 Å². The van der Waals surface area contributed by atoms with Crippen molar-refractivity contribution in [3.8, 4) is 0 Å². The number of rotatable bonds is 11. The number of benzene rings is 3. The maximum Gasteiger partial charge on any atom is 0.259 e. The van der Waals surface area contributed by atoms with E-state index < -0.39 is 15.7 Å². The monoisotopic (exact) mass is 561 g/mol. The minimum atomic E-state index is -3.99. The molecule has 2 amide bonds. The van der Waals surface area contributed by atoms with E-state index in [1.807, 2.05) is 30.3 Å². The van der Waals surface area contributed by atoms with Gasteiger partial charge in [-0.1, -0.05) is 70.2 Å². The number of nitrogens with zero attached hydrogens (tertiary/aromatic N) is 2. The summed E-state index contributed by atoms with van der Waals surface area (Å²) in [5.41, 5.74) is 1.48. The molecule has 212 valence electrons. The van der Waals surface area contributed by atoms with E-state index in [0.717, 1.165) is 31.6 Å². The van der Waals surface area contributed by atoms with E-state index in [-0.39, 0.29) is 33.5 Å². The lowest BCUT2D eigenvalue weighted by atomic mass is 10.1. The van der Waals surface area contributed by atoms with Crippen LogP contribution in [0.5, 0.6) is 0 Å². The Balaban J connectivity index is 1.59. The highest BCUT2D eigenvalue weighted by molar-refractivity contribution is 7.91. The number of hydrogen-bond acceptors (Lipinski definition) is 5.